The van der Waals surface area contributed by atoms with E-state index in [1.807, 2.05) is 30.3 Å². The molecule has 2 fully saturated rings. The lowest BCUT2D eigenvalue weighted by molar-refractivity contribution is -0.132. The third-order valence-electron chi connectivity index (χ3n) is 5.16. The Hall–Kier alpha value is -2.29. The summed E-state index contributed by atoms with van der Waals surface area (Å²) in [7, 11) is 0. The summed E-state index contributed by atoms with van der Waals surface area (Å²) < 4.78 is 5.24. The maximum Gasteiger partial charge on any atom is 0.240 e. The van der Waals surface area contributed by atoms with Gasteiger partial charge >= 0.3 is 0 Å². The molecule has 2 aliphatic heterocycles. The van der Waals surface area contributed by atoms with Gasteiger partial charge in [0, 0.05) is 0 Å². The summed E-state index contributed by atoms with van der Waals surface area (Å²) in [6.45, 7) is 2.43. The second-order valence-corrected chi connectivity index (χ2v) is 7.55. The summed E-state index contributed by atoms with van der Waals surface area (Å²) in [4.78, 5) is 37.3. The van der Waals surface area contributed by atoms with Crippen molar-refractivity contribution in [2.24, 2.45) is 0 Å². The van der Waals surface area contributed by atoms with E-state index in [1.165, 1.54) is 0 Å². The number of hydrogen-bond donors (Lipinski definition) is 4. The fraction of sp³-hybridized carbons (Fsp3) is 0.550. The van der Waals surface area contributed by atoms with Crippen molar-refractivity contribution in [2.75, 3.05) is 19.7 Å². The lowest BCUT2D eigenvalue weighted by Crippen LogP contribution is -2.56. The standard InChI is InChI=1S/C20H27N3O5/c1-20(12-28-20)18(26)14(10-13-6-3-2-4-7-13)23-16(25)11-22-19(27)17-15(24)8-5-9-21-17/h2-4,6-7,14-15,17,21,24H,5,8-12H2,1H3,(H,22,27)(H,23,25). The molecule has 2 saturated heterocycles. The van der Waals surface area contributed by atoms with Crippen LogP contribution in [0, 0.1) is 0 Å². The normalized spacial score (nSPS) is 27.5. The molecular formula is C20H27N3O5. The monoisotopic (exact) mass is 389 g/mol. The third-order valence-corrected chi connectivity index (χ3v) is 5.16. The first-order chi connectivity index (χ1) is 13.4. The lowest BCUT2D eigenvalue weighted by atomic mass is 9.95. The molecule has 0 spiro atoms. The zero-order chi connectivity index (χ0) is 20.1. The number of aliphatic hydroxyl groups excluding tert-OH is 1. The highest BCUT2D eigenvalue weighted by atomic mass is 16.6. The van der Waals surface area contributed by atoms with Gasteiger partial charge in [0.25, 0.3) is 0 Å². The van der Waals surface area contributed by atoms with Crippen LogP contribution in [-0.4, -0.2) is 66.2 Å². The van der Waals surface area contributed by atoms with Crippen LogP contribution in [0.3, 0.4) is 0 Å². The Labute approximate surface area is 164 Å². The molecule has 2 amide bonds. The smallest absolute Gasteiger partial charge is 0.240 e. The molecule has 28 heavy (non-hydrogen) atoms. The summed E-state index contributed by atoms with van der Waals surface area (Å²) in [5.74, 6) is -1.07. The number of ether oxygens (including phenoxy) is 1. The summed E-state index contributed by atoms with van der Waals surface area (Å²) >= 11 is 0. The van der Waals surface area contributed by atoms with Crippen LogP contribution in [0.4, 0.5) is 0 Å². The van der Waals surface area contributed by atoms with Crippen molar-refractivity contribution in [2.45, 2.75) is 50.0 Å². The predicted octanol–water partition coefficient (Wildman–Crippen LogP) is -0.699. The van der Waals surface area contributed by atoms with Gasteiger partial charge in [0.05, 0.1) is 25.3 Å². The number of ketones is 1. The first-order valence-electron chi connectivity index (χ1n) is 9.60. The van der Waals surface area contributed by atoms with E-state index in [0.717, 1.165) is 12.0 Å². The van der Waals surface area contributed by atoms with E-state index in [2.05, 4.69) is 16.0 Å². The Morgan fingerprint density at radius 3 is 2.68 bits per heavy atom. The van der Waals surface area contributed by atoms with E-state index < -0.39 is 35.6 Å². The SMILES string of the molecule is CC1(C(=O)C(Cc2ccccc2)NC(=O)CNC(=O)C2NCCCC2O)CO1. The van der Waals surface area contributed by atoms with Crippen LogP contribution in [0.1, 0.15) is 25.3 Å². The molecule has 8 nitrogen and oxygen atoms in total. The van der Waals surface area contributed by atoms with E-state index in [9.17, 15) is 19.5 Å². The second kappa shape index (κ2) is 8.81. The number of carbonyl (C=O) groups excluding carboxylic acids is 3. The molecule has 8 heteroatoms. The highest BCUT2D eigenvalue weighted by molar-refractivity contribution is 5.97. The molecule has 3 rings (SSSR count). The number of amides is 2. The molecule has 0 aliphatic carbocycles. The van der Waals surface area contributed by atoms with Crippen molar-refractivity contribution in [3.63, 3.8) is 0 Å². The van der Waals surface area contributed by atoms with E-state index in [-0.39, 0.29) is 12.3 Å². The fourth-order valence-corrected chi connectivity index (χ4v) is 3.34. The largest absolute Gasteiger partial charge is 0.391 e. The van der Waals surface area contributed by atoms with E-state index >= 15 is 0 Å². The van der Waals surface area contributed by atoms with Crippen molar-refractivity contribution in [1.82, 2.24) is 16.0 Å². The minimum atomic E-state index is -0.855. The summed E-state index contributed by atoms with van der Waals surface area (Å²) in [6.07, 6.45) is 0.927. The Balaban J connectivity index is 1.56. The Morgan fingerprint density at radius 2 is 2.04 bits per heavy atom. The van der Waals surface area contributed by atoms with Crippen LogP contribution in [0.25, 0.3) is 0 Å². The fourth-order valence-electron chi connectivity index (χ4n) is 3.34. The van der Waals surface area contributed by atoms with Crippen molar-refractivity contribution >= 4 is 17.6 Å². The van der Waals surface area contributed by atoms with Crippen LogP contribution in [-0.2, 0) is 25.5 Å². The van der Waals surface area contributed by atoms with Gasteiger partial charge in [0.2, 0.25) is 11.8 Å². The van der Waals surface area contributed by atoms with Gasteiger partial charge in [-0.25, -0.2) is 0 Å². The summed E-state index contributed by atoms with van der Waals surface area (Å²) in [6, 6.07) is 7.95. The molecule has 0 bridgehead atoms. The Morgan fingerprint density at radius 1 is 1.32 bits per heavy atom. The summed E-state index contributed by atoms with van der Waals surface area (Å²) in [5.41, 5.74) is 0.0653. The molecule has 4 N–H and O–H groups in total. The third kappa shape index (κ3) is 5.15. The maximum atomic E-state index is 12.7. The molecule has 0 aromatic heterocycles. The number of epoxide rings is 1. The lowest BCUT2D eigenvalue weighted by Gasteiger charge is -2.27. The number of aliphatic hydroxyl groups is 1. The van der Waals surface area contributed by atoms with E-state index in [0.29, 0.717) is 26.0 Å². The van der Waals surface area contributed by atoms with Crippen molar-refractivity contribution in [3.05, 3.63) is 35.9 Å². The first-order valence-corrected chi connectivity index (χ1v) is 9.60. The Bertz CT molecular complexity index is 720. The number of piperidine rings is 1. The minimum Gasteiger partial charge on any atom is -0.391 e. The summed E-state index contributed by atoms with van der Waals surface area (Å²) in [5, 5.41) is 18.1. The molecule has 0 radical (unpaired) electrons. The molecular weight excluding hydrogens is 362 g/mol. The number of benzene rings is 1. The minimum absolute atomic E-state index is 0.180. The van der Waals surface area contributed by atoms with Gasteiger partial charge in [-0.3, -0.25) is 14.4 Å². The highest BCUT2D eigenvalue weighted by Gasteiger charge is 2.50. The zero-order valence-electron chi connectivity index (χ0n) is 15.9. The number of hydrogen-bond acceptors (Lipinski definition) is 6. The van der Waals surface area contributed by atoms with E-state index in [4.69, 9.17) is 4.74 Å². The number of carbonyl (C=O) groups is 3. The van der Waals surface area contributed by atoms with Crippen LogP contribution in [0.2, 0.25) is 0 Å². The van der Waals surface area contributed by atoms with Crippen molar-refractivity contribution in [1.29, 1.82) is 0 Å². The van der Waals surface area contributed by atoms with Gasteiger partial charge < -0.3 is 25.8 Å². The molecule has 0 saturated carbocycles. The molecule has 2 heterocycles. The number of Topliss-reactive ketones (excluding diaryl/α,β-unsaturated/α-hetero) is 1. The molecule has 1 aromatic rings. The topological polar surface area (TPSA) is 120 Å². The highest BCUT2D eigenvalue weighted by Crippen LogP contribution is 2.29. The van der Waals surface area contributed by atoms with E-state index in [1.54, 1.807) is 6.92 Å². The van der Waals surface area contributed by atoms with Gasteiger partial charge in [0.15, 0.2) is 5.78 Å². The molecule has 2 aliphatic rings. The van der Waals surface area contributed by atoms with Crippen molar-refractivity contribution in [3.8, 4) is 0 Å². The van der Waals surface area contributed by atoms with Crippen molar-refractivity contribution < 1.29 is 24.2 Å². The van der Waals surface area contributed by atoms with Crippen LogP contribution >= 0.6 is 0 Å². The average molecular weight is 389 g/mol. The first kappa shape index (κ1) is 20.4. The quantitative estimate of drug-likeness (QED) is 0.437. The van der Waals surface area contributed by atoms with Gasteiger partial charge in [-0.1, -0.05) is 30.3 Å². The molecule has 4 atom stereocenters. The second-order valence-electron chi connectivity index (χ2n) is 7.55. The molecule has 1 aromatic carbocycles. The van der Waals surface area contributed by atoms with Gasteiger partial charge in [-0.2, -0.15) is 0 Å². The van der Waals surface area contributed by atoms with Gasteiger partial charge in [-0.15, -0.1) is 0 Å². The predicted molar refractivity (Wildman–Crippen MR) is 101 cm³/mol. The maximum absolute atomic E-state index is 12.7. The van der Waals surface area contributed by atoms with Crippen LogP contribution in [0.5, 0.6) is 0 Å². The van der Waals surface area contributed by atoms with Crippen LogP contribution < -0.4 is 16.0 Å². The molecule has 4 unspecified atom stereocenters. The number of rotatable bonds is 8. The number of nitrogens with one attached hydrogen (secondary N) is 3. The van der Waals surface area contributed by atoms with Gasteiger partial charge in [0.1, 0.15) is 11.6 Å². The van der Waals surface area contributed by atoms with Crippen LogP contribution in [0.15, 0.2) is 30.3 Å². The average Bonchev–Trinajstić information content (AvgIpc) is 3.45. The Kier molecular flexibility index (Phi) is 6.43. The molecule has 152 valence electrons. The zero-order valence-corrected chi connectivity index (χ0v) is 15.9. The van der Waals surface area contributed by atoms with Gasteiger partial charge in [-0.05, 0) is 38.3 Å².